The third-order valence-corrected chi connectivity index (χ3v) is 2.54. The maximum Gasteiger partial charge on any atom is 0.253 e. The van der Waals surface area contributed by atoms with Crippen molar-refractivity contribution < 1.29 is 9.59 Å². The molecule has 0 saturated heterocycles. The van der Waals surface area contributed by atoms with E-state index in [0.717, 1.165) is 0 Å². The summed E-state index contributed by atoms with van der Waals surface area (Å²) in [7, 11) is 1.54. The summed E-state index contributed by atoms with van der Waals surface area (Å²) in [5.41, 5.74) is 6.23. The van der Waals surface area contributed by atoms with Crippen LogP contribution in [0.4, 0.5) is 5.69 Å². The fourth-order valence-electron chi connectivity index (χ4n) is 1.24. The van der Waals surface area contributed by atoms with Gasteiger partial charge in [-0.2, -0.15) is 0 Å². The molecule has 0 heterocycles. The summed E-state index contributed by atoms with van der Waals surface area (Å²) in [4.78, 5) is 22.6. The van der Waals surface area contributed by atoms with Gasteiger partial charge in [-0.1, -0.05) is 17.7 Å². The van der Waals surface area contributed by atoms with E-state index in [0.29, 0.717) is 10.6 Å². The highest BCUT2D eigenvalue weighted by atomic mass is 35.5. The molecule has 0 saturated carbocycles. The van der Waals surface area contributed by atoms with Crippen molar-refractivity contribution in [3.05, 3.63) is 28.8 Å². The van der Waals surface area contributed by atoms with Crippen LogP contribution >= 0.6 is 11.6 Å². The highest BCUT2D eigenvalue weighted by Gasteiger charge is 2.11. The van der Waals surface area contributed by atoms with Gasteiger partial charge >= 0.3 is 0 Å². The Morgan fingerprint density at radius 3 is 2.76 bits per heavy atom. The summed E-state index contributed by atoms with van der Waals surface area (Å²) in [6, 6.07) is 4.83. The van der Waals surface area contributed by atoms with Crippen LogP contribution in [0.3, 0.4) is 0 Å². The zero-order valence-corrected chi connectivity index (χ0v) is 10.2. The van der Waals surface area contributed by atoms with Gasteiger partial charge in [-0.3, -0.25) is 9.59 Å². The van der Waals surface area contributed by atoms with Crippen molar-refractivity contribution in [2.75, 3.05) is 19.3 Å². The second-order valence-corrected chi connectivity index (χ2v) is 3.79. The molecule has 0 aliphatic heterocycles. The van der Waals surface area contributed by atoms with Crippen LogP contribution in [0.25, 0.3) is 0 Å². The number of nitrogen functional groups attached to an aromatic ring is 1. The average molecular weight is 256 g/mol. The fraction of sp³-hybridized carbons (Fsp3) is 0.273. The first kappa shape index (κ1) is 13.3. The maximum absolute atomic E-state index is 11.7. The quantitative estimate of drug-likeness (QED) is 0.696. The van der Waals surface area contributed by atoms with Crippen molar-refractivity contribution in [3.8, 4) is 0 Å². The summed E-state index contributed by atoms with van der Waals surface area (Å²) in [5.74, 6) is -0.474. The Kier molecular flexibility index (Phi) is 4.78. The third kappa shape index (κ3) is 3.64. The zero-order valence-electron chi connectivity index (χ0n) is 9.42. The third-order valence-electron chi connectivity index (χ3n) is 2.21. The molecular formula is C11H14ClN3O2. The topological polar surface area (TPSA) is 84.2 Å². The fourth-order valence-corrected chi connectivity index (χ4v) is 1.42. The number of para-hydroxylation sites is 1. The molecule has 0 radical (unpaired) electrons. The highest BCUT2D eigenvalue weighted by molar-refractivity contribution is 6.33. The van der Waals surface area contributed by atoms with Gasteiger partial charge in [0.1, 0.15) is 0 Å². The van der Waals surface area contributed by atoms with Gasteiger partial charge in [-0.25, -0.2) is 0 Å². The van der Waals surface area contributed by atoms with Crippen LogP contribution in [0.2, 0.25) is 5.02 Å². The summed E-state index contributed by atoms with van der Waals surface area (Å²) < 4.78 is 0. The first-order valence-electron chi connectivity index (χ1n) is 5.09. The Hall–Kier alpha value is -1.75. The number of hydrogen-bond donors (Lipinski definition) is 3. The second kappa shape index (κ2) is 6.10. The van der Waals surface area contributed by atoms with E-state index in [-0.39, 0.29) is 30.5 Å². The van der Waals surface area contributed by atoms with Gasteiger partial charge in [0.25, 0.3) is 5.91 Å². The first-order valence-corrected chi connectivity index (χ1v) is 5.46. The van der Waals surface area contributed by atoms with Crippen LogP contribution < -0.4 is 16.4 Å². The predicted molar refractivity (Wildman–Crippen MR) is 66.9 cm³/mol. The van der Waals surface area contributed by atoms with Gasteiger partial charge < -0.3 is 16.4 Å². The van der Waals surface area contributed by atoms with E-state index in [1.807, 2.05) is 0 Å². The molecular weight excluding hydrogens is 242 g/mol. The number of benzene rings is 1. The van der Waals surface area contributed by atoms with Crippen LogP contribution in [-0.4, -0.2) is 25.4 Å². The number of carbonyl (C=O) groups is 2. The summed E-state index contributed by atoms with van der Waals surface area (Å²) in [5, 5.41) is 5.39. The van der Waals surface area contributed by atoms with Gasteiger partial charge in [-0.05, 0) is 12.1 Å². The molecule has 5 nitrogen and oxygen atoms in total. The van der Waals surface area contributed by atoms with Gasteiger partial charge in [0.05, 0.1) is 16.3 Å². The van der Waals surface area contributed by atoms with E-state index in [2.05, 4.69) is 10.6 Å². The highest BCUT2D eigenvalue weighted by Crippen LogP contribution is 2.21. The zero-order chi connectivity index (χ0) is 12.8. The van der Waals surface area contributed by atoms with Crippen LogP contribution in [0.1, 0.15) is 16.8 Å². The van der Waals surface area contributed by atoms with Crippen molar-refractivity contribution in [2.24, 2.45) is 0 Å². The lowest BCUT2D eigenvalue weighted by Crippen LogP contribution is -2.29. The summed E-state index contributed by atoms with van der Waals surface area (Å²) in [6.45, 7) is 0.254. The molecule has 0 aromatic heterocycles. The van der Waals surface area contributed by atoms with Crippen molar-refractivity contribution in [3.63, 3.8) is 0 Å². The average Bonchev–Trinajstić information content (AvgIpc) is 2.32. The number of anilines is 1. The lowest BCUT2D eigenvalue weighted by Gasteiger charge is -2.08. The number of rotatable bonds is 4. The van der Waals surface area contributed by atoms with Crippen LogP contribution in [0, 0.1) is 0 Å². The number of nitrogens with two attached hydrogens (primary N) is 1. The molecule has 17 heavy (non-hydrogen) atoms. The van der Waals surface area contributed by atoms with E-state index in [1.165, 1.54) is 0 Å². The minimum atomic E-state index is -0.339. The lowest BCUT2D eigenvalue weighted by atomic mass is 10.1. The molecule has 0 unspecified atom stereocenters. The molecule has 1 aromatic rings. The van der Waals surface area contributed by atoms with Crippen molar-refractivity contribution in [1.82, 2.24) is 10.6 Å². The van der Waals surface area contributed by atoms with E-state index in [9.17, 15) is 9.59 Å². The number of hydrogen-bond acceptors (Lipinski definition) is 3. The van der Waals surface area contributed by atoms with E-state index in [4.69, 9.17) is 17.3 Å². The molecule has 0 spiro atoms. The SMILES string of the molecule is CNC(=O)CCNC(=O)c1cccc(Cl)c1N. The molecule has 0 aliphatic carbocycles. The predicted octanol–water partition coefficient (Wildman–Crippen LogP) is 0.788. The molecule has 0 bridgehead atoms. The van der Waals surface area contributed by atoms with Gasteiger partial charge in [0, 0.05) is 20.0 Å². The molecule has 1 aromatic carbocycles. The number of nitrogens with one attached hydrogen (secondary N) is 2. The Morgan fingerprint density at radius 2 is 2.12 bits per heavy atom. The molecule has 0 atom stereocenters. The molecule has 1 rings (SSSR count). The van der Waals surface area contributed by atoms with Crippen LogP contribution in [0.15, 0.2) is 18.2 Å². The molecule has 4 N–H and O–H groups in total. The van der Waals surface area contributed by atoms with Crippen molar-refractivity contribution in [1.29, 1.82) is 0 Å². The number of amides is 2. The van der Waals surface area contributed by atoms with Crippen molar-refractivity contribution >= 4 is 29.1 Å². The number of halogens is 1. The van der Waals surface area contributed by atoms with Gasteiger partial charge in [0.15, 0.2) is 0 Å². The van der Waals surface area contributed by atoms with E-state index < -0.39 is 0 Å². The Labute approximate surface area is 104 Å². The number of carbonyl (C=O) groups excluding carboxylic acids is 2. The Bertz CT molecular complexity index is 435. The smallest absolute Gasteiger partial charge is 0.253 e. The molecule has 2 amide bonds. The maximum atomic E-state index is 11.7. The lowest BCUT2D eigenvalue weighted by molar-refractivity contribution is -0.120. The Morgan fingerprint density at radius 1 is 1.41 bits per heavy atom. The molecule has 0 aliphatic rings. The summed E-state index contributed by atoms with van der Waals surface area (Å²) in [6.07, 6.45) is 0.225. The van der Waals surface area contributed by atoms with Gasteiger partial charge in [0.2, 0.25) is 5.91 Å². The monoisotopic (exact) mass is 255 g/mol. The minimum Gasteiger partial charge on any atom is -0.397 e. The Balaban J connectivity index is 2.59. The normalized spacial score (nSPS) is 9.76. The molecule has 6 heteroatoms. The van der Waals surface area contributed by atoms with E-state index in [1.54, 1.807) is 25.2 Å². The van der Waals surface area contributed by atoms with Crippen LogP contribution in [0.5, 0.6) is 0 Å². The minimum absolute atomic E-state index is 0.135. The van der Waals surface area contributed by atoms with Gasteiger partial charge in [-0.15, -0.1) is 0 Å². The molecule has 92 valence electrons. The van der Waals surface area contributed by atoms with Crippen LogP contribution in [-0.2, 0) is 4.79 Å². The summed E-state index contributed by atoms with van der Waals surface area (Å²) >= 11 is 5.80. The first-order chi connectivity index (χ1) is 8.06. The largest absolute Gasteiger partial charge is 0.397 e. The van der Waals surface area contributed by atoms with Crippen molar-refractivity contribution in [2.45, 2.75) is 6.42 Å². The molecule has 0 fully saturated rings. The second-order valence-electron chi connectivity index (χ2n) is 3.38. The van der Waals surface area contributed by atoms with E-state index >= 15 is 0 Å². The standard InChI is InChI=1S/C11H14ClN3O2/c1-14-9(16)5-6-15-11(17)7-3-2-4-8(12)10(7)13/h2-4H,5-6,13H2,1H3,(H,14,16)(H,15,17).